The Morgan fingerprint density at radius 1 is 1.20 bits per heavy atom. The zero-order valence-corrected chi connectivity index (χ0v) is 9.19. The van der Waals surface area contributed by atoms with Crippen molar-refractivity contribution in [3.05, 3.63) is 35.9 Å². The van der Waals surface area contributed by atoms with E-state index in [1.165, 1.54) is 0 Å². The molecule has 0 N–H and O–H groups in total. The summed E-state index contributed by atoms with van der Waals surface area (Å²) in [4.78, 5) is 22.8. The van der Waals surface area contributed by atoms with Gasteiger partial charge in [0.2, 0.25) is 0 Å². The number of benzene rings is 1. The molecular weight excluding hydrogens is 188 g/mol. The van der Waals surface area contributed by atoms with Crippen molar-refractivity contribution < 1.29 is 9.59 Å². The summed E-state index contributed by atoms with van der Waals surface area (Å²) in [6.45, 7) is 3.63. The van der Waals surface area contributed by atoms with Gasteiger partial charge in [-0.05, 0) is 5.56 Å². The zero-order chi connectivity index (χ0) is 11.3. The first-order chi connectivity index (χ1) is 7.15. The van der Waals surface area contributed by atoms with Gasteiger partial charge in [-0.2, -0.15) is 0 Å². The van der Waals surface area contributed by atoms with Crippen LogP contribution in [0.4, 0.5) is 0 Å². The largest absolute Gasteiger partial charge is 0.299 e. The minimum atomic E-state index is -0.179. The molecule has 0 bridgehead atoms. The highest BCUT2D eigenvalue weighted by Gasteiger charge is 2.16. The van der Waals surface area contributed by atoms with Gasteiger partial charge in [0, 0.05) is 12.3 Å². The number of hydrogen-bond acceptors (Lipinski definition) is 2. The van der Waals surface area contributed by atoms with E-state index >= 15 is 0 Å². The fraction of sp³-hybridized carbons (Fsp3) is 0.385. The Kier molecular flexibility index (Phi) is 4.22. The first-order valence-corrected chi connectivity index (χ1v) is 5.24. The molecule has 0 saturated heterocycles. The lowest BCUT2D eigenvalue weighted by Gasteiger charge is -2.09. The number of carbonyl (C=O) groups excluding carboxylic acids is 2. The topological polar surface area (TPSA) is 34.1 Å². The van der Waals surface area contributed by atoms with Crippen LogP contribution < -0.4 is 0 Å². The molecule has 0 aromatic heterocycles. The lowest BCUT2D eigenvalue weighted by Crippen LogP contribution is -2.13. The predicted octanol–water partition coefficient (Wildman–Crippen LogP) is 2.73. The molecule has 80 valence electrons. The molecule has 0 radical (unpaired) electrons. The van der Waals surface area contributed by atoms with Crippen molar-refractivity contribution in [3.8, 4) is 0 Å². The second-order valence-corrected chi connectivity index (χ2v) is 3.67. The maximum absolute atomic E-state index is 11.7. The average Bonchev–Trinajstić information content (AvgIpc) is 2.29. The molecule has 0 amide bonds. The van der Waals surface area contributed by atoms with E-state index in [1.54, 1.807) is 6.92 Å². The van der Waals surface area contributed by atoms with Gasteiger partial charge in [0.25, 0.3) is 0 Å². The molecule has 2 nitrogen and oxygen atoms in total. The van der Waals surface area contributed by atoms with E-state index in [0.717, 1.165) is 5.56 Å². The number of carbonyl (C=O) groups is 2. The Bertz CT molecular complexity index is 341. The molecule has 1 aromatic carbocycles. The number of Topliss-reactive ketones (excluding diaryl/α,β-unsaturated/α-hetero) is 2. The van der Waals surface area contributed by atoms with Crippen LogP contribution in [-0.2, 0) is 9.59 Å². The molecule has 0 saturated carbocycles. The molecule has 15 heavy (non-hydrogen) atoms. The standard InChI is InChI=1S/C13H16O2/c1-3-12(14)9-13(15)10(2)11-7-5-4-6-8-11/h4-8,10H,3,9H2,1-2H3. The average molecular weight is 204 g/mol. The molecule has 0 aliphatic rings. The van der Waals surface area contributed by atoms with Crippen LogP contribution in [0.3, 0.4) is 0 Å². The summed E-state index contributed by atoms with van der Waals surface area (Å²) in [7, 11) is 0. The molecule has 0 heterocycles. The Morgan fingerprint density at radius 2 is 1.80 bits per heavy atom. The highest BCUT2D eigenvalue weighted by molar-refractivity contribution is 6.01. The Labute approximate surface area is 90.3 Å². The smallest absolute Gasteiger partial charge is 0.147 e. The maximum atomic E-state index is 11.7. The van der Waals surface area contributed by atoms with Gasteiger partial charge in [-0.15, -0.1) is 0 Å². The van der Waals surface area contributed by atoms with Crippen molar-refractivity contribution in [3.63, 3.8) is 0 Å². The summed E-state index contributed by atoms with van der Waals surface area (Å²) >= 11 is 0. The predicted molar refractivity (Wildman–Crippen MR) is 59.8 cm³/mol. The summed E-state index contributed by atoms with van der Waals surface area (Å²) < 4.78 is 0. The minimum absolute atomic E-state index is 0.00745. The molecule has 0 aliphatic heterocycles. The van der Waals surface area contributed by atoms with Crippen molar-refractivity contribution in [1.82, 2.24) is 0 Å². The van der Waals surface area contributed by atoms with E-state index in [1.807, 2.05) is 37.3 Å². The van der Waals surface area contributed by atoms with Crippen molar-refractivity contribution in [1.29, 1.82) is 0 Å². The molecule has 0 spiro atoms. The Balaban J connectivity index is 2.65. The Hall–Kier alpha value is -1.44. The van der Waals surface area contributed by atoms with Crippen molar-refractivity contribution in [2.45, 2.75) is 32.6 Å². The molecule has 2 heteroatoms. The van der Waals surface area contributed by atoms with Gasteiger partial charge in [-0.3, -0.25) is 9.59 Å². The van der Waals surface area contributed by atoms with E-state index in [9.17, 15) is 9.59 Å². The number of ketones is 2. The SMILES string of the molecule is CCC(=O)CC(=O)C(C)c1ccccc1. The first-order valence-electron chi connectivity index (χ1n) is 5.24. The van der Waals surface area contributed by atoms with Gasteiger partial charge in [0.1, 0.15) is 11.6 Å². The van der Waals surface area contributed by atoms with Crippen molar-refractivity contribution in [2.75, 3.05) is 0 Å². The molecule has 0 aliphatic carbocycles. The highest BCUT2D eigenvalue weighted by Crippen LogP contribution is 2.17. The highest BCUT2D eigenvalue weighted by atomic mass is 16.1. The number of rotatable bonds is 5. The van der Waals surface area contributed by atoms with Crippen LogP contribution in [0, 0.1) is 0 Å². The first kappa shape index (κ1) is 11.6. The van der Waals surface area contributed by atoms with Crippen LogP contribution in [-0.4, -0.2) is 11.6 Å². The monoisotopic (exact) mass is 204 g/mol. The second-order valence-electron chi connectivity index (χ2n) is 3.67. The Morgan fingerprint density at radius 3 is 2.33 bits per heavy atom. The fourth-order valence-corrected chi connectivity index (χ4v) is 1.40. The molecule has 1 atom stereocenters. The molecule has 1 rings (SSSR count). The summed E-state index contributed by atoms with van der Waals surface area (Å²) in [5, 5.41) is 0. The van der Waals surface area contributed by atoms with Crippen molar-refractivity contribution in [2.24, 2.45) is 0 Å². The van der Waals surface area contributed by atoms with Crippen molar-refractivity contribution >= 4 is 11.6 Å². The number of hydrogen-bond donors (Lipinski definition) is 0. The minimum Gasteiger partial charge on any atom is -0.299 e. The van der Waals surface area contributed by atoms with Gasteiger partial charge in [0.05, 0.1) is 6.42 Å². The van der Waals surface area contributed by atoms with Crippen LogP contribution in [0.5, 0.6) is 0 Å². The summed E-state index contributed by atoms with van der Waals surface area (Å²) in [6, 6.07) is 9.55. The van der Waals surface area contributed by atoms with Crippen LogP contribution in [0.1, 0.15) is 38.2 Å². The zero-order valence-electron chi connectivity index (χ0n) is 9.19. The normalized spacial score (nSPS) is 12.1. The lowest BCUT2D eigenvalue weighted by molar-refractivity contribution is -0.127. The molecule has 0 fully saturated rings. The summed E-state index contributed by atoms with van der Waals surface area (Å²) in [5.74, 6) is -0.155. The summed E-state index contributed by atoms with van der Waals surface area (Å²) in [6.07, 6.45) is 0.500. The van der Waals surface area contributed by atoms with Crippen LogP contribution >= 0.6 is 0 Å². The quantitative estimate of drug-likeness (QED) is 0.691. The second kappa shape index (κ2) is 5.44. The molecule has 1 unspecified atom stereocenters. The van der Waals surface area contributed by atoms with E-state index in [4.69, 9.17) is 0 Å². The van der Waals surface area contributed by atoms with Gasteiger partial charge in [0.15, 0.2) is 0 Å². The van der Waals surface area contributed by atoms with Gasteiger partial charge in [-0.25, -0.2) is 0 Å². The van der Waals surface area contributed by atoms with Crippen LogP contribution in [0.25, 0.3) is 0 Å². The van der Waals surface area contributed by atoms with Gasteiger partial charge in [-0.1, -0.05) is 44.2 Å². The van der Waals surface area contributed by atoms with E-state index in [-0.39, 0.29) is 23.9 Å². The van der Waals surface area contributed by atoms with E-state index in [2.05, 4.69) is 0 Å². The van der Waals surface area contributed by atoms with Gasteiger partial charge < -0.3 is 0 Å². The molecule has 1 aromatic rings. The maximum Gasteiger partial charge on any atom is 0.147 e. The summed E-state index contributed by atoms with van der Waals surface area (Å²) in [5.41, 5.74) is 0.978. The third-order valence-corrected chi connectivity index (χ3v) is 2.55. The fourth-order valence-electron chi connectivity index (χ4n) is 1.40. The lowest BCUT2D eigenvalue weighted by atomic mass is 9.93. The molecular formula is C13H16O2. The van der Waals surface area contributed by atoms with Crippen LogP contribution in [0.2, 0.25) is 0 Å². The van der Waals surface area contributed by atoms with E-state index < -0.39 is 0 Å². The third kappa shape index (κ3) is 3.31. The van der Waals surface area contributed by atoms with Gasteiger partial charge >= 0.3 is 0 Å². The third-order valence-electron chi connectivity index (χ3n) is 2.55. The van der Waals surface area contributed by atoms with Crippen LogP contribution in [0.15, 0.2) is 30.3 Å². The van der Waals surface area contributed by atoms with E-state index in [0.29, 0.717) is 6.42 Å².